The summed E-state index contributed by atoms with van der Waals surface area (Å²) < 4.78 is 5.29. The highest BCUT2D eigenvalue weighted by atomic mass is 16.3. The monoisotopic (exact) mass is 284 g/mol. The van der Waals surface area contributed by atoms with Crippen molar-refractivity contribution in [1.29, 1.82) is 0 Å². The smallest absolute Gasteiger partial charge is 0.223 e. The highest BCUT2D eigenvalue weighted by Gasteiger charge is 2.32. The van der Waals surface area contributed by atoms with Crippen LogP contribution < -0.4 is 5.73 Å². The van der Waals surface area contributed by atoms with Crippen molar-refractivity contribution in [1.82, 2.24) is 4.90 Å². The fourth-order valence-corrected chi connectivity index (χ4v) is 2.46. The number of anilines is 1. The summed E-state index contributed by atoms with van der Waals surface area (Å²) >= 11 is 0. The van der Waals surface area contributed by atoms with E-state index in [-0.39, 0.29) is 5.91 Å². The molecule has 110 valence electrons. The van der Waals surface area contributed by atoms with Gasteiger partial charge >= 0.3 is 0 Å². The number of carbonyl (C=O) groups excluding carboxylic acids is 1. The Morgan fingerprint density at radius 2 is 2.00 bits per heavy atom. The van der Waals surface area contributed by atoms with Crippen molar-refractivity contribution < 1.29 is 9.21 Å². The van der Waals surface area contributed by atoms with Gasteiger partial charge in [-0.3, -0.25) is 4.79 Å². The summed E-state index contributed by atoms with van der Waals surface area (Å²) in [7, 11) is 0. The lowest BCUT2D eigenvalue weighted by Crippen LogP contribution is -2.32. The zero-order chi connectivity index (χ0) is 14.7. The number of furan rings is 1. The van der Waals surface area contributed by atoms with Crippen LogP contribution in [0.4, 0.5) is 5.69 Å². The Morgan fingerprint density at radius 3 is 2.62 bits per heavy atom. The number of rotatable bonds is 6. The number of hydrogen-bond acceptors (Lipinski definition) is 3. The Balaban J connectivity index is 1.61. The molecule has 1 fully saturated rings. The lowest BCUT2D eigenvalue weighted by atomic mass is 10.1. The molecule has 0 atom stereocenters. The lowest BCUT2D eigenvalue weighted by molar-refractivity contribution is -0.132. The molecular weight excluding hydrogens is 264 g/mol. The van der Waals surface area contributed by atoms with Crippen LogP contribution in [0.15, 0.2) is 47.1 Å². The first-order valence-electron chi connectivity index (χ1n) is 7.38. The van der Waals surface area contributed by atoms with E-state index < -0.39 is 0 Å². The van der Waals surface area contributed by atoms with Crippen molar-refractivity contribution >= 4 is 11.6 Å². The first-order valence-corrected chi connectivity index (χ1v) is 7.38. The zero-order valence-electron chi connectivity index (χ0n) is 12.0. The number of benzene rings is 1. The molecule has 4 nitrogen and oxygen atoms in total. The minimum atomic E-state index is 0.200. The van der Waals surface area contributed by atoms with Gasteiger partial charge in [-0.05, 0) is 42.7 Å². The lowest BCUT2D eigenvalue weighted by Gasteiger charge is -2.22. The van der Waals surface area contributed by atoms with Crippen molar-refractivity contribution in [2.45, 2.75) is 38.3 Å². The molecule has 3 rings (SSSR count). The highest BCUT2D eigenvalue weighted by Crippen LogP contribution is 2.29. The van der Waals surface area contributed by atoms with Gasteiger partial charge in [-0.2, -0.15) is 0 Å². The van der Waals surface area contributed by atoms with Crippen molar-refractivity contribution in [3.05, 3.63) is 54.0 Å². The van der Waals surface area contributed by atoms with Crippen LogP contribution in [0.1, 0.15) is 30.6 Å². The average molecular weight is 284 g/mol. The molecular formula is C17H20N2O2. The van der Waals surface area contributed by atoms with E-state index in [2.05, 4.69) is 0 Å². The fraction of sp³-hybridized carbons (Fsp3) is 0.353. The number of amides is 1. The number of hydrogen-bond donors (Lipinski definition) is 1. The summed E-state index contributed by atoms with van der Waals surface area (Å²) in [5.74, 6) is 1.07. The standard InChI is InChI=1S/C17H20N2O2/c18-14-5-3-13(4-6-14)12-19(15-7-8-15)17(20)10-9-16-2-1-11-21-16/h1-6,11,15H,7-10,12,18H2. The second kappa shape index (κ2) is 6.04. The minimum Gasteiger partial charge on any atom is -0.469 e. The summed E-state index contributed by atoms with van der Waals surface area (Å²) in [4.78, 5) is 14.4. The second-order valence-electron chi connectivity index (χ2n) is 5.57. The first-order chi connectivity index (χ1) is 10.2. The van der Waals surface area contributed by atoms with E-state index in [0.717, 1.165) is 29.9 Å². The van der Waals surface area contributed by atoms with E-state index in [0.29, 0.717) is 25.4 Å². The van der Waals surface area contributed by atoms with Crippen molar-refractivity contribution in [2.24, 2.45) is 0 Å². The average Bonchev–Trinajstić information content (AvgIpc) is 3.19. The molecule has 0 radical (unpaired) electrons. The Hall–Kier alpha value is -2.23. The zero-order valence-corrected chi connectivity index (χ0v) is 12.0. The van der Waals surface area contributed by atoms with Gasteiger partial charge in [-0.15, -0.1) is 0 Å². The maximum Gasteiger partial charge on any atom is 0.223 e. The fourth-order valence-electron chi connectivity index (χ4n) is 2.46. The van der Waals surface area contributed by atoms with E-state index in [9.17, 15) is 4.79 Å². The summed E-state index contributed by atoms with van der Waals surface area (Å²) in [6.07, 6.45) is 5.03. The van der Waals surface area contributed by atoms with Crippen LogP contribution in [0, 0.1) is 0 Å². The van der Waals surface area contributed by atoms with Crippen LogP contribution in [0.2, 0.25) is 0 Å². The first kappa shape index (κ1) is 13.7. The molecule has 0 saturated heterocycles. The summed E-state index contributed by atoms with van der Waals surface area (Å²) in [5.41, 5.74) is 7.58. The van der Waals surface area contributed by atoms with E-state index >= 15 is 0 Å². The van der Waals surface area contributed by atoms with Gasteiger partial charge in [-0.1, -0.05) is 12.1 Å². The van der Waals surface area contributed by atoms with Gasteiger partial charge in [0, 0.05) is 31.1 Å². The molecule has 0 aliphatic heterocycles. The van der Waals surface area contributed by atoms with Gasteiger partial charge in [-0.25, -0.2) is 0 Å². The number of aryl methyl sites for hydroxylation is 1. The third-order valence-electron chi connectivity index (χ3n) is 3.81. The minimum absolute atomic E-state index is 0.200. The Morgan fingerprint density at radius 1 is 1.24 bits per heavy atom. The molecule has 1 aromatic carbocycles. The molecule has 1 aliphatic rings. The maximum atomic E-state index is 12.5. The van der Waals surface area contributed by atoms with Gasteiger partial charge in [0.25, 0.3) is 0 Å². The number of nitrogen functional groups attached to an aromatic ring is 1. The van der Waals surface area contributed by atoms with E-state index in [1.165, 1.54) is 0 Å². The molecule has 0 unspecified atom stereocenters. The highest BCUT2D eigenvalue weighted by molar-refractivity contribution is 5.77. The van der Waals surface area contributed by atoms with Crippen LogP contribution in [-0.4, -0.2) is 16.8 Å². The molecule has 4 heteroatoms. The molecule has 1 aliphatic carbocycles. The van der Waals surface area contributed by atoms with Crippen LogP contribution >= 0.6 is 0 Å². The normalized spacial score (nSPS) is 14.1. The number of nitrogens with zero attached hydrogens (tertiary/aromatic N) is 1. The number of nitrogens with two attached hydrogens (primary N) is 1. The van der Waals surface area contributed by atoms with Gasteiger partial charge in [0.2, 0.25) is 5.91 Å². The molecule has 2 N–H and O–H groups in total. The Kier molecular flexibility index (Phi) is 3.95. The predicted molar refractivity (Wildman–Crippen MR) is 81.5 cm³/mol. The van der Waals surface area contributed by atoms with Gasteiger partial charge < -0.3 is 15.1 Å². The second-order valence-corrected chi connectivity index (χ2v) is 5.57. The topological polar surface area (TPSA) is 59.5 Å². The Labute approximate surface area is 124 Å². The van der Waals surface area contributed by atoms with Gasteiger partial charge in [0.05, 0.1) is 6.26 Å². The molecule has 2 aromatic rings. The summed E-state index contributed by atoms with van der Waals surface area (Å²) in [5, 5.41) is 0. The molecule has 21 heavy (non-hydrogen) atoms. The molecule has 0 bridgehead atoms. The summed E-state index contributed by atoms with van der Waals surface area (Å²) in [6.45, 7) is 0.669. The van der Waals surface area contributed by atoms with Gasteiger partial charge in [0.1, 0.15) is 5.76 Å². The quantitative estimate of drug-likeness (QED) is 0.830. The molecule has 1 heterocycles. The van der Waals surface area contributed by atoms with Crippen LogP contribution in [0.25, 0.3) is 0 Å². The van der Waals surface area contributed by atoms with E-state index in [1.807, 2.05) is 41.3 Å². The predicted octanol–water partition coefficient (Wildman–Crippen LogP) is 2.99. The van der Waals surface area contributed by atoms with E-state index in [4.69, 9.17) is 10.2 Å². The van der Waals surface area contributed by atoms with Crippen LogP contribution in [0.5, 0.6) is 0 Å². The molecule has 0 spiro atoms. The van der Waals surface area contributed by atoms with E-state index in [1.54, 1.807) is 6.26 Å². The third kappa shape index (κ3) is 3.66. The van der Waals surface area contributed by atoms with Crippen LogP contribution in [0.3, 0.4) is 0 Å². The van der Waals surface area contributed by atoms with Crippen molar-refractivity contribution in [2.75, 3.05) is 5.73 Å². The SMILES string of the molecule is Nc1ccc(CN(C(=O)CCc2ccco2)C2CC2)cc1. The summed E-state index contributed by atoms with van der Waals surface area (Å²) in [6, 6.07) is 11.9. The maximum absolute atomic E-state index is 12.5. The largest absolute Gasteiger partial charge is 0.469 e. The number of carbonyl (C=O) groups is 1. The molecule has 1 amide bonds. The Bertz CT molecular complexity index is 586. The van der Waals surface area contributed by atoms with Crippen molar-refractivity contribution in [3.63, 3.8) is 0 Å². The molecule has 1 aromatic heterocycles. The molecule has 1 saturated carbocycles. The third-order valence-corrected chi connectivity index (χ3v) is 3.81. The van der Waals surface area contributed by atoms with Gasteiger partial charge in [0.15, 0.2) is 0 Å². The van der Waals surface area contributed by atoms with Crippen molar-refractivity contribution in [3.8, 4) is 0 Å². The van der Waals surface area contributed by atoms with Crippen LogP contribution in [-0.2, 0) is 17.8 Å².